The Morgan fingerprint density at radius 1 is 0.333 bits per heavy atom. The fraction of sp³-hybridized carbons (Fsp3) is 0.650. The van der Waals surface area contributed by atoms with Crippen LogP contribution >= 0.6 is 0 Å². The van der Waals surface area contributed by atoms with Crippen molar-refractivity contribution < 1.29 is 28.6 Å². The van der Waals surface area contributed by atoms with Crippen molar-refractivity contribution in [3.05, 3.63) is 109 Å². The molecule has 0 rings (SSSR count). The number of hydrogen-bond donors (Lipinski definition) is 0. The van der Waals surface area contributed by atoms with Gasteiger partial charge in [-0.25, -0.2) is 0 Å². The maximum absolute atomic E-state index is 12.8. The van der Waals surface area contributed by atoms with E-state index in [1.54, 1.807) is 0 Å². The van der Waals surface area contributed by atoms with Crippen molar-refractivity contribution in [3.63, 3.8) is 0 Å². The highest BCUT2D eigenvalue weighted by Crippen LogP contribution is 2.13. The van der Waals surface area contributed by atoms with Gasteiger partial charge in [-0.1, -0.05) is 220 Å². The normalized spacial score (nSPS) is 13.0. The molecule has 6 nitrogen and oxygen atoms in total. The van der Waals surface area contributed by atoms with E-state index in [9.17, 15) is 14.4 Å². The van der Waals surface area contributed by atoms with Gasteiger partial charge in [-0.3, -0.25) is 14.4 Å². The van der Waals surface area contributed by atoms with Crippen LogP contribution < -0.4 is 0 Å². The van der Waals surface area contributed by atoms with Crippen LogP contribution in [0.5, 0.6) is 0 Å². The Kier molecular flexibility index (Phi) is 50.5. The Bertz CT molecular complexity index is 1370. The summed E-state index contributed by atoms with van der Waals surface area (Å²) in [5, 5.41) is 0. The third-order valence-electron chi connectivity index (χ3n) is 11.1. The van der Waals surface area contributed by atoms with E-state index in [0.29, 0.717) is 12.8 Å². The lowest BCUT2D eigenvalue weighted by atomic mass is 10.1. The van der Waals surface area contributed by atoms with Gasteiger partial charge in [0.2, 0.25) is 0 Å². The summed E-state index contributed by atoms with van der Waals surface area (Å²) in [5.41, 5.74) is 0. The molecule has 1 atom stereocenters. The Morgan fingerprint density at radius 3 is 1.12 bits per heavy atom. The van der Waals surface area contributed by atoms with Crippen molar-refractivity contribution in [2.45, 2.75) is 239 Å². The highest BCUT2D eigenvalue weighted by molar-refractivity contribution is 5.71. The van der Waals surface area contributed by atoms with Crippen LogP contribution in [0.2, 0.25) is 0 Å². The molecule has 66 heavy (non-hydrogen) atoms. The maximum atomic E-state index is 12.8. The van der Waals surface area contributed by atoms with Gasteiger partial charge in [0.05, 0.1) is 0 Å². The minimum atomic E-state index is -0.808. The van der Waals surface area contributed by atoms with Crippen molar-refractivity contribution in [2.24, 2.45) is 0 Å². The molecule has 0 N–H and O–H groups in total. The maximum Gasteiger partial charge on any atom is 0.306 e. The minimum Gasteiger partial charge on any atom is -0.462 e. The molecular weight excluding hydrogens is 817 g/mol. The summed E-state index contributed by atoms with van der Waals surface area (Å²) < 4.78 is 16.8. The Labute approximate surface area is 406 Å². The molecule has 0 bridgehead atoms. The van der Waals surface area contributed by atoms with Crippen LogP contribution in [0.1, 0.15) is 233 Å². The van der Waals surface area contributed by atoms with Gasteiger partial charge in [0.1, 0.15) is 13.2 Å². The number of allylic oxidation sites excluding steroid dienone is 18. The lowest BCUT2D eigenvalue weighted by Gasteiger charge is -2.18. The Hall–Kier alpha value is -3.93. The molecule has 6 heteroatoms. The van der Waals surface area contributed by atoms with E-state index >= 15 is 0 Å². The fourth-order valence-corrected chi connectivity index (χ4v) is 7.07. The first-order valence-electron chi connectivity index (χ1n) is 26.9. The van der Waals surface area contributed by atoms with Crippen molar-refractivity contribution in [1.82, 2.24) is 0 Å². The molecule has 0 spiro atoms. The zero-order valence-electron chi connectivity index (χ0n) is 42.7. The summed E-state index contributed by atoms with van der Waals surface area (Å²) in [6, 6.07) is 0. The molecule has 0 radical (unpaired) electrons. The predicted octanol–water partition coefficient (Wildman–Crippen LogP) is 17.9. The lowest BCUT2D eigenvalue weighted by Crippen LogP contribution is -2.30. The van der Waals surface area contributed by atoms with Gasteiger partial charge < -0.3 is 14.2 Å². The van der Waals surface area contributed by atoms with Gasteiger partial charge in [-0.2, -0.15) is 0 Å². The molecule has 374 valence electrons. The quantitative estimate of drug-likeness (QED) is 0.0199. The van der Waals surface area contributed by atoms with Crippen LogP contribution in [0.25, 0.3) is 0 Å². The average Bonchev–Trinajstić information content (AvgIpc) is 3.31. The zero-order valence-corrected chi connectivity index (χ0v) is 42.7. The van der Waals surface area contributed by atoms with Crippen LogP contribution in [0, 0.1) is 0 Å². The van der Waals surface area contributed by atoms with E-state index in [4.69, 9.17) is 14.2 Å². The molecule has 0 amide bonds. The number of unbranched alkanes of at least 4 members (excludes halogenated alkanes) is 21. The molecule has 0 heterocycles. The van der Waals surface area contributed by atoms with Crippen molar-refractivity contribution >= 4 is 17.9 Å². The molecule has 0 fully saturated rings. The molecule has 0 saturated heterocycles. The van der Waals surface area contributed by atoms with Gasteiger partial charge >= 0.3 is 17.9 Å². The first kappa shape index (κ1) is 62.1. The largest absolute Gasteiger partial charge is 0.462 e. The second-order valence-electron chi connectivity index (χ2n) is 17.5. The molecule has 0 aliphatic carbocycles. The van der Waals surface area contributed by atoms with Gasteiger partial charge in [0.25, 0.3) is 0 Å². The second kappa shape index (κ2) is 53.7. The molecular formula is C60H98O6. The van der Waals surface area contributed by atoms with Gasteiger partial charge in [-0.15, -0.1) is 0 Å². The summed E-state index contributed by atoms with van der Waals surface area (Å²) in [6.07, 6.45) is 72.2. The molecule has 1 unspecified atom stereocenters. The van der Waals surface area contributed by atoms with Crippen molar-refractivity contribution in [3.8, 4) is 0 Å². The molecule has 0 saturated carbocycles. The van der Waals surface area contributed by atoms with Crippen molar-refractivity contribution in [2.75, 3.05) is 13.2 Å². The number of carbonyl (C=O) groups excluding carboxylic acids is 3. The summed E-state index contributed by atoms with van der Waals surface area (Å²) in [5.74, 6) is -0.969. The standard InChI is InChI=1S/C60H98O6/c1-4-7-10-13-16-19-22-25-27-29-30-31-33-35-38-41-44-47-50-53-59(62)65-56-57(55-64-58(61)52-49-46-43-40-37-34-24-21-18-15-12-9-6-3)66-60(63)54-51-48-45-42-39-36-32-28-26-23-20-17-14-11-8-5-2/h7,9-10,12,15-16,18-19,21,24-25,27-28,30-32,36,39,57H,4-6,8,11,13-14,17,20,22-23,26,29,33-35,37-38,40-56H2,1-3H3/b10-7+,12-9+,18-15+,19-16+,24-21+,27-25+,31-30+,32-28+,39-36+. The Balaban J connectivity index is 4.48. The highest BCUT2D eigenvalue weighted by atomic mass is 16.6. The number of esters is 3. The van der Waals surface area contributed by atoms with Crippen LogP contribution in [0.15, 0.2) is 109 Å². The zero-order chi connectivity index (χ0) is 47.9. The second-order valence-corrected chi connectivity index (χ2v) is 17.5. The molecule has 0 aromatic carbocycles. The van der Waals surface area contributed by atoms with Crippen molar-refractivity contribution in [1.29, 1.82) is 0 Å². The number of carbonyl (C=O) groups is 3. The average molecular weight is 915 g/mol. The van der Waals surface area contributed by atoms with E-state index in [1.807, 2.05) is 0 Å². The fourth-order valence-electron chi connectivity index (χ4n) is 7.07. The smallest absolute Gasteiger partial charge is 0.306 e. The summed E-state index contributed by atoms with van der Waals surface area (Å²) in [6.45, 7) is 6.33. The summed E-state index contributed by atoms with van der Waals surface area (Å²) in [4.78, 5) is 38.0. The van der Waals surface area contributed by atoms with Crippen LogP contribution in [-0.2, 0) is 28.6 Å². The van der Waals surface area contributed by atoms with Crippen LogP contribution in [0.3, 0.4) is 0 Å². The van der Waals surface area contributed by atoms with E-state index in [-0.39, 0.29) is 37.5 Å². The minimum absolute atomic E-state index is 0.105. The van der Waals surface area contributed by atoms with Crippen LogP contribution in [-0.4, -0.2) is 37.2 Å². The summed E-state index contributed by atoms with van der Waals surface area (Å²) >= 11 is 0. The topological polar surface area (TPSA) is 78.9 Å². The number of hydrogen-bond acceptors (Lipinski definition) is 6. The van der Waals surface area contributed by atoms with Gasteiger partial charge in [0, 0.05) is 19.3 Å². The third kappa shape index (κ3) is 51.1. The molecule has 0 aromatic rings. The number of ether oxygens (including phenoxy) is 3. The van der Waals surface area contributed by atoms with Gasteiger partial charge in [-0.05, 0) is 103 Å². The highest BCUT2D eigenvalue weighted by Gasteiger charge is 2.19. The van der Waals surface area contributed by atoms with E-state index in [1.165, 1.54) is 57.8 Å². The monoisotopic (exact) mass is 915 g/mol. The Morgan fingerprint density at radius 2 is 0.667 bits per heavy atom. The molecule has 0 aliphatic heterocycles. The molecule has 0 aromatic heterocycles. The van der Waals surface area contributed by atoms with E-state index in [0.717, 1.165) is 135 Å². The number of rotatable bonds is 47. The third-order valence-corrected chi connectivity index (χ3v) is 11.1. The van der Waals surface area contributed by atoms with Gasteiger partial charge in [0.15, 0.2) is 6.10 Å². The van der Waals surface area contributed by atoms with E-state index in [2.05, 4.69) is 130 Å². The molecule has 0 aliphatic rings. The predicted molar refractivity (Wildman–Crippen MR) is 283 cm³/mol. The van der Waals surface area contributed by atoms with Crippen LogP contribution in [0.4, 0.5) is 0 Å². The van der Waals surface area contributed by atoms with E-state index < -0.39 is 6.10 Å². The summed E-state index contributed by atoms with van der Waals surface area (Å²) in [7, 11) is 0. The lowest BCUT2D eigenvalue weighted by molar-refractivity contribution is -0.167. The first-order chi connectivity index (χ1) is 32.5. The SMILES string of the molecule is CC/C=C/C=C/C=C/CCCCCCCC(=O)OCC(COC(=O)CCCCCCCC/C=C/C/C=C/C/C=C/C/C=C/CC)OC(=O)CCCCC/C=C/C=C/CCCCCCCCC. The first-order valence-corrected chi connectivity index (χ1v) is 26.9.